The van der Waals surface area contributed by atoms with Gasteiger partial charge in [-0.15, -0.1) is 11.3 Å². The minimum atomic E-state index is -0.639. The molecule has 0 fully saturated rings. The SMILES string of the molecule is [2H]c1c([2H])c([2H])c(-c2c([2H])c([2H])c([2H])c3c2sc2c([2H])c([2H])c(-c4nc(-c5ccc(-c6ccccc6)cc5)nc(-c5ccc6c(c5)oc5ccccc56)n4)c([2H])c23)c([2H])c1[2H]. The van der Waals surface area contributed by atoms with Gasteiger partial charge in [0.15, 0.2) is 17.5 Å². The van der Waals surface area contributed by atoms with Crippen LogP contribution in [0.1, 0.15) is 15.1 Å². The number of nitrogens with zero attached hydrogens (tertiary/aromatic N) is 3. The van der Waals surface area contributed by atoms with Crippen LogP contribution in [0.15, 0.2) is 168 Å². The lowest BCUT2D eigenvalue weighted by Crippen LogP contribution is -2.00. The van der Waals surface area contributed by atoms with Crippen LogP contribution in [-0.2, 0) is 0 Å². The first-order valence-electron chi connectivity index (χ1n) is 21.2. The van der Waals surface area contributed by atoms with Gasteiger partial charge in [-0.1, -0.05) is 127 Å². The van der Waals surface area contributed by atoms with E-state index < -0.39 is 54.4 Å². The van der Waals surface area contributed by atoms with Gasteiger partial charge in [0, 0.05) is 47.6 Å². The summed E-state index contributed by atoms with van der Waals surface area (Å²) in [6.07, 6.45) is 0. The summed E-state index contributed by atoms with van der Waals surface area (Å²) in [6.45, 7) is 0. The van der Waals surface area contributed by atoms with Crippen LogP contribution in [0.5, 0.6) is 0 Å². The molecule has 0 aliphatic rings. The van der Waals surface area contributed by atoms with Gasteiger partial charge in [-0.2, -0.15) is 0 Å². The quantitative estimate of drug-likeness (QED) is 0.183. The highest BCUT2D eigenvalue weighted by molar-refractivity contribution is 7.26. The first-order chi connectivity index (χ1) is 29.3. The van der Waals surface area contributed by atoms with Crippen molar-refractivity contribution in [2.75, 3.05) is 0 Å². The van der Waals surface area contributed by atoms with E-state index in [9.17, 15) is 4.11 Å². The van der Waals surface area contributed by atoms with Gasteiger partial charge < -0.3 is 4.42 Å². The molecular weight excluding hydrogens is 631 g/mol. The Morgan fingerprint density at radius 1 is 0.460 bits per heavy atom. The monoisotopic (exact) mass is 668 g/mol. The summed E-state index contributed by atoms with van der Waals surface area (Å²) >= 11 is 0.864. The maximum absolute atomic E-state index is 9.67. The molecule has 0 aliphatic carbocycles. The smallest absolute Gasteiger partial charge is 0.164 e. The number of hydrogen-bond donors (Lipinski definition) is 0. The Kier molecular flexibility index (Phi) is 4.54. The molecular formula is C45H27N3OS. The molecule has 0 radical (unpaired) electrons. The van der Waals surface area contributed by atoms with E-state index in [2.05, 4.69) is 0 Å². The van der Waals surface area contributed by atoms with Gasteiger partial charge in [0.25, 0.3) is 0 Å². The molecule has 0 N–H and O–H groups in total. The third-order valence-corrected chi connectivity index (χ3v) is 9.68. The molecule has 10 aromatic rings. The molecule has 0 saturated heterocycles. The molecule has 0 bridgehead atoms. The summed E-state index contributed by atoms with van der Waals surface area (Å²) in [5.41, 5.74) is 3.78. The second-order valence-corrected chi connectivity index (χ2v) is 12.6. The van der Waals surface area contributed by atoms with Crippen LogP contribution in [0.2, 0.25) is 0 Å². The van der Waals surface area contributed by atoms with Crippen molar-refractivity contribution in [3.05, 3.63) is 164 Å². The molecule has 234 valence electrons. The lowest BCUT2D eigenvalue weighted by molar-refractivity contribution is 0.669. The Morgan fingerprint density at radius 2 is 1.14 bits per heavy atom. The number of rotatable bonds is 5. The second-order valence-electron chi connectivity index (χ2n) is 11.6. The van der Waals surface area contributed by atoms with E-state index in [0.29, 0.717) is 22.3 Å². The van der Waals surface area contributed by atoms with E-state index in [0.717, 1.165) is 33.2 Å². The molecule has 0 atom stereocenters. The van der Waals surface area contributed by atoms with Crippen molar-refractivity contribution < 1.29 is 19.5 Å². The molecule has 3 heterocycles. The van der Waals surface area contributed by atoms with Crippen LogP contribution in [0.3, 0.4) is 0 Å². The van der Waals surface area contributed by atoms with E-state index in [1.165, 1.54) is 0 Å². The minimum absolute atomic E-state index is 0.0162. The molecule has 0 amide bonds. The number of benzene rings is 7. The summed E-state index contributed by atoms with van der Waals surface area (Å²) in [5.74, 6) is 0.330. The van der Waals surface area contributed by atoms with E-state index in [1.807, 2.05) is 97.1 Å². The molecule has 0 aliphatic heterocycles. The minimum Gasteiger partial charge on any atom is -0.456 e. The molecule has 0 saturated carbocycles. The van der Waals surface area contributed by atoms with Crippen molar-refractivity contribution >= 4 is 53.4 Å². The van der Waals surface area contributed by atoms with Gasteiger partial charge in [0.2, 0.25) is 0 Å². The normalized spacial score (nSPS) is 14.7. The van der Waals surface area contributed by atoms with E-state index in [1.54, 1.807) is 0 Å². The Balaban J connectivity index is 1.24. The number of furan rings is 1. The third-order valence-electron chi connectivity index (χ3n) is 8.56. The molecule has 3 aromatic heterocycles. The summed E-state index contributed by atoms with van der Waals surface area (Å²) < 4.78 is 103. The molecule has 50 heavy (non-hydrogen) atoms. The number of para-hydroxylation sites is 1. The summed E-state index contributed by atoms with van der Waals surface area (Å²) in [4.78, 5) is 14.5. The first kappa shape index (κ1) is 19.5. The average Bonchev–Trinajstić information content (AvgIpc) is 3.87. The summed E-state index contributed by atoms with van der Waals surface area (Å²) in [5, 5.41) is 1.82. The van der Waals surface area contributed by atoms with Gasteiger partial charge in [0.05, 0.1) is 15.1 Å². The van der Waals surface area contributed by atoms with Crippen molar-refractivity contribution in [1.29, 1.82) is 0 Å². The maximum atomic E-state index is 9.67. The Hall–Kier alpha value is -6.43. The summed E-state index contributed by atoms with van der Waals surface area (Å²) in [6, 6.07) is 24.9. The van der Waals surface area contributed by atoms with Crippen molar-refractivity contribution in [3.63, 3.8) is 0 Å². The highest BCUT2D eigenvalue weighted by atomic mass is 32.1. The van der Waals surface area contributed by atoms with Crippen LogP contribution in [-0.4, -0.2) is 15.0 Å². The van der Waals surface area contributed by atoms with Crippen LogP contribution in [0, 0.1) is 0 Å². The van der Waals surface area contributed by atoms with Gasteiger partial charge in [-0.25, -0.2) is 15.0 Å². The number of aromatic nitrogens is 3. The Bertz CT molecular complexity index is 3470. The van der Waals surface area contributed by atoms with Crippen molar-refractivity contribution in [3.8, 4) is 56.4 Å². The van der Waals surface area contributed by atoms with Crippen LogP contribution < -0.4 is 0 Å². The molecule has 4 nitrogen and oxygen atoms in total. The fourth-order valence-electron chi connectivity index (χ4n) is 6.14. The van der Waals surface area contributed by atoms with E-state index in [-0.39, 0.29) is 66.4 Å². The molecule has 0 spiro atoms. The number of fused-ring (bicyclic) bond motifs is 6. The molecule has 7 aromatic carbocycles. The molecule has 10 rings (SSSR count). The van der Waals surface area contributed by atoms with E-state index in [4.69, 9.17) is 30.3 Å². The zero-order valence-corrected chi connectivity index (χ0v) is 26.7. The zero-order valence-electron chi connectivity index (χ0n) is 36.9. The Labute approximate surface area is 307 Å². The van der Waals surface area contributed by atoms with Crippen molar-refractivity contribution in [1.82, 2.24) is 15.0 Å². The highest BCUT2D eigenvalue weighted by Gasteiger charge is 2.17. The lowest BCUT2D eigenvalue weighted by atomic mass is 10.0. The predicted octanol–water partition coefficient (Wildman–Crippen LogP) is 12.5. The van der Waals surface area contributed by atoms with Crippen LogP contribution >= 0.6 is 11.3 Å². The topological polar surface area (TPSA) is 51.8 Å². The second kappa shape index (κ2) is 11.6. The Morgan fingerprint density at radius 3 is 1.98 bits per heavy atom. The molecule has 0 unspecified atom stereocenters. The lowest BCUT2D eigenvalue weighted by Gasteiger charge is -2.09. The fourth-order valence-corrected chi connectivity index (χ4v) is 7.21. The van der Waals surface area contributed by atoms with Crippen LogP contribution in [0.4, 0.5) is 0 Å². The number of thiophene rings is 1. The zero-order chi connectivity index (χ0) is 42.6. The van der Waals surface area contributed by atoms with Crippen LogP contribution in [0.25, 0.3) is 98.5 Å². The van der Waals surface area contributed by atoms with Crippen molar-refractivity contribution in [2.24, 2.45) is 0 Å². The molecule has 5 heteroatoms. The predicted molar refractivity (Wildman–Crippen MR) is 207 cm³/mol. The van der Waals surface area contributed by atoms with Gasteiger partial charge in [-0.3, -0.25) is 0 Å². The van der Waals surface area contributed by atoms with Gasteiger partial charge in [0.1, 0.15) is 11.2 Å². The first-order valence-corrected chi connectivity index (χ1v) is 16.5. The number of hydrogen-bond acceptors (Lipinski definition) is 5. The largest absolute Gasteiger partial charge is 0.456 e. The third kappa shape index (κ3) is 4.87. The van der Waals surface area contributed by atoms with Gasteiger partial charge >= 0.3 is 0 Å². The van der Waals surface area contributed by atoms with E-state index >= 15 is 0 Å². The maximum Gasteiger partial charge on any atom is 0.164 e. The standard InChI is InChI=1S/C45H27N3OS/c1-3-10-28(11-4-1)29-18-20-31(21-19-29)43-46-44(48-45(47-43)33-22-24-36-35-14-7-8-17-39(35)49-40(36)27-33)32-23-25-41-38(26-32)37-16-9-15-34(42(37)50-41)30-12-5-2-6-13-30/h1-27H/i2D,5D,6D,9D,12D,13D,15D,16D,23D,25D,26D. The van der Waals surface area contributed by atoms with Gasteiger partial charge in [-0.05, 0) is 58.6 Å². The fraction of sp³-hybridized carbons (Fsp3) is 0. The van der Waals surface area contributed by atoms with Crippen molar-refractivity contribution in [2.45, 2.75) is 0 Å². The highest BCUT2D eigenvalue weighted by Crippen LogP contribution is 2.41. The average molecular weight is 669 g/mol. The summed E-state index contributed by atoms with van der Waals surface area (Å²) in [7, 11) is 0.